The van der Waals surface area contributed by atoms with E-state index < -0.39 is 0 Å². The average Bonchev–Trinajstić information content (AvgIpc) is 2.99. The number of hydrogen-bond donors (Lipinski definition) is 3. The lowest BCUT2D eigenvalue weighted by molar-refractivity contribution is -0.116. The van der Waals surface area contributed by atoms with Gasteiger partial charge in [0.05, 0.1) is 18.8 Å². The first-order valence-corrected chi connectivity index (χ1v) is 9.80. The minimum absolute atomic E-state index is 0. The monoisotopic (exact) mass is 515 g/mol. The van der Waals surface area contributed by atoms with E-state index >= 15 is 0 Å². The summed E-state index contributed by atoms with van der Waals surface area (Å²) < 4.78 is 5.81. The summed E-state index contributed by atoms with van der Waals surface area (Å²) >= 11 is 1.70. The topological polar surface area (TPSA) is 87.6 Å². The van der Waals surface area contributed by atoms with Crippen molar-refractivity contribution >= 4 is 52.9 Å². The fourth-order valence-electron chi connectivity index (χ4n) is 2.78. The number of aromatic nitrogens is 1. The Balaban J connectivity index is 0.00000280. The van der Waals surface area contributed by atoms with E-state index in [-0.39, 0.29) is 29.9 Å². The first kappa shape index (κ1) is 22.4. The summed E-state index contributed by atoms with van der Waals surface area (Å²) in [5.41, 5.74) is 3.08. The molecule has 2 heterocycles. The molecule has 0 unspecified atom stereocenters. The smallest absolute Gasteiger partial charge is 0.224 e. The summed E-state index contributed by atoms with van der Waals surface area (Å²) in [5.74, 6) is 1.60. The third kappa shape index (κ3) is 6.06. The summed E-state index contributed by atoms with van der Waals surface area (Å²) in [6.45, 7) is 5.89. The Morgan fingerprint density at radius 1 is 1.32 bits per heavy atom. The van der Waals surface area contributed by atoms with E-state index in [0.717, 1.165) is 40.1 Å². The number of thiazole rings is 1. The summed E-state index contributed by atoms with van der Waals surface area (Å²) in [6, 6.07) is 5.77. The highest BCUT2D eigenvalue weighted by molar-refractivity contribution is 14.0. The van der Waals surface area contributed by atoms with Gasteiger partial charge < -0.3 is 20.7 Å². The van der Waals surface area contributed by atoms with Crippen molar-refractivity contribution in [3.8, 4) is 5.75 Å². The van der Waals surface area contributed by atoms with Crippen LogP contribution in [0.25, 0.3) is 0 Å². The van der Waals surface area contributed by atoms with Crippen molar-refractivity contribution < 1.29 is 9.53 Å². The molecule has 2 aromatic rings. The minimum Gasteiger partial charge on any atom is -0.492 e. The first-order valence-electron chi connectivity index (χ1n) is 8.98. The second-order valence-corrected chi connectivity index (χ2v) is 7.61. The zero-order valence-electron chi connectivity index (χ0n) is 16.3. The molecule has 3 rings (SSSR count). The number of nitrogens with zero attached hydrogens (tertiary/aromatic N) is 2. The number of amides is 1. The van der Waals surface area contributed by atoms with Crippen molar-refractivity contribution in [3.63, 3.8) is 0 Å². The Bertz CT molecular complexity index is 833. The molecule has 0 saturated heterocycles. The molecular formula is C19H26IN5O2S. The number of aryl methyl sites for hydroxylation is 3. The molecule has 1 aromatic heterocycles. The Kier molecular flexibility index (Phi) is 8.49. The molecule has 0 spiro atoms. The number of aliphatic imine (C=N–C) groups is 1. The SMILES string of the molecule is CN=C(NCCOc1ccc2c(c1)CCC(=O)N2)NCc1nc(C)c(C)s1.I. The van der Waals surface area contributed by atoms with Gasteiger partial charge in [-0.1, -0.05) is 0 Å². The molecule has 9 heteroatoms. The molecule has 1 aliphatic rings. The van der Waals surface area contributed by atoms with Crippen LogP contribution in [0.4, 0.5) is 5.69 Å². The van der Waals surface area contributed by atoms with Crippen LogP contribution in [0.5, 0.6) is 5.75 Å². The molecule has 0 fully saturated rings. The molecule has 7 nitrogen and oxygen atoms in total. The van der Waals surface area contributed by atoms with Crippen LogP contribution in [0.15, 0.2) is 23.2 Å². The molecule has 0 atom stereocenters. The molecule has 28 heavy (non-hydrogen) atoms. The number of halogens is 1. The van der Waals surface area contributed by atoms with Crippen molar-refractivity contribution in [2.45, 2.75) is 33.2 Å². The Morgan fingerprint density at radius 2 is 2.14 bits per heavy atom. The van der Waals surface area contributed by atoms with Crippen LogP contribution in [0.2, 0.25) is 0 Å². The molecular weight excluding hydrogens is 489 g/mol. The van der Waals surface area contributed by atoms with Crippen LogP contribution in [0, 0.1) is 13.8 Å². The van der Waals surface area contributed by atoms with Crippen molar-refractivity contribution in [1.82, 2.24) is 15.6 Å². The summed E-state index contributed by atoms with van der Waals surface area (Å²) in [7, 11) is 1.74. The van der Waals surface area contributed by atoms with Gasteiger partial charge in [-0.3, -0.25) is 9.79 Å². The number of fused-ring (bicyclic) bond motifs is 1. The van der Waals surface area contributed by atoms with E-state index in [1.165, 1.54) is 4.88 Å². The normalized spacial score (nSPS) is 13.2. The number of anilines is 1. The van der Waals surface area contributed by atoms with Crippen LogP contribution in [0.3, 0.4) is 0 Å². The third-order valence-electron chi connectivity index (χ3n) is 4.34. The van der Waals surface area contributed by atoms with Crippen LogP contribution >= 0.6 is 35.3 Å². The lowest BCUT2D eigenvalue weighted by Gasteiger charge is -2.18. The van der Waals surface area contributed by atoms with Crippen LogP contribution in [0.1, 0.15) is 27.6 Å². The van der Waals surface area contributed by atoms with Crippen LogP contribution < -0.4 is 20.7 Å². The average molecular weight is 515 g/mol. The maximum atomic E-state index is 11.4. The molecule has 1 aromatic carbocycles. The molecule has 0 radical (unpaired) electrons. The Morgan fingerprint density at radius 3 is 2.86 bits per heavy atom. The molecule has 1 aliphatic heterocycles. The number of carbonyl (C=O) groups is 1. The van der Waals surface area contributed by atoms with E-state index in [9.17, 15) is 4.79 Å². The molecule has 0 aliphatic carbocycles. The number of carbonyl (C=O) groups excluding carboxylic acids is 1. The molecule has 152 valence electrons. The zero-order chi connectivity index (χ0) is 19.2. The highest BCUT2D eigenvalue weighted by Crippen LogP contribution is 2.26. The fraction of sp³-hybridized carbons (Fsp3) is 0.421. The van der Waals surface area contributed by atoms with Gasteiger partial charge in [0.15, 0.2) is 5.96 Å². The lowest BCUT2D eigenvalue weighted by Crippen LogP contribution is -2.38. The van der Waals surface area contributed by atoms with Gasteiger partial charge in [-0.25, -0.2) is 4.98 Å². The second kappa shape index (κ2) is 10.6. The highest BCUT2D eigenvalue weighted by atomic mass is 127. The number of ether oxygens (including phenoxy) is 1. The van der Waals surface area contributed by atoms with Crippen LogP contribution in [-0.4, -0.2) is 37.1 Å². The van der Waals surface area contributed by atoms with Gasteiger partial charge in [0, 0.05) is 24.0 Å². The molecule has 0 bridgehead atoms. The van der Waals surface area contributed by atoms with Gasteiger partial charge in [0.1, 0.15) is 17.4 Å². The number of guanidine groups is 1. The van der Waals surface area contributed by atoms with Gasteiger partial charge in [0.25, 0.3) is 0 Å². The number of hydrogen-bond acceptors (Lipinski definition) is 5. The summed E-state index contributed by atoms with van der Waals surface area (Å²) in [6.07, 6.45) is 1.28. The molecule has 1 amide bonds. The van der Waals surface area contributed by atoms with E-state index in [4.69, 9.17) is 4.74 Å². The van der Waals surface area contributed by atoms with Crippen molar-refractivity contribution in [3.05, 3.63) is 39.3 Å². The minimum atomic E-state index is 0. The molecule has 0 saturated carbocycles. The zero-order valence-corrected chi connectivity index (χ0v) is 19.4. The molecule has 3 N–H and O–H groups in total. The predicted molar refractivity (Wildman–Crippen MR) is 124 cm³/mol. The van der Waals surface area contributed by atoms with Gasteiger partial charge in [-0.05, 0) is 44.0 Å². The van der Waals surface area contributed by atoms with Crippen LogP contribution in [-0.2, 0) is 17.8 Å². The summed E-state index contributed by atoms with van der Waals surface area (Å²) in [4.78, 5) is 21.4. The maximum Gasteiger partial charge on any atom is 0.224 e. The van der Waals surface area contributed by atoms with E-state index in [1.807, 2.05) is 25.1 Å². The van der Waals surface area contributed by atoms with E-state index in [2.05, 4.69) is 32.9 Å². The largest absolute Gasteiger partial charge is 0.492 e. The fourth-order valence-corrected chi connectivity index (χ4v) is 3.66. The van der Waals surface area contributed by atoms with Gasteiger partial charge in [-0.15, -0.1) is 35.3 Å². The Hall–Kier alpha value is -1.88. The van der Waals surface area contributed by atoms with Gasteiger partial charge >= 0.3 is 0 Å². The maximum absolute atomic E-state index is 11.4. The van der Waals surface area contributed by atoms with Gasteiger partial charge in [-0.2, -0.15) is 0 Å². The van der Waals surface area contributed by atoms with Crippen molar-refractivity contribution in [2.24, 2.45) is 4.99 Å². The van der Waals surface area contributed by atoms with E-state index in [1.54, 1.807) is 18.4 Å². The van der Waals surface area contributed by atoms with E-state index in [0.29, 0.717) is 26.1 Å². The predicted octanol–water partition coefficient (Wildman–Crippen LogP) is 3.01. The number of nitrogens with one attached hydrogen (secondary N) is 3. The standard InChI is InChI=1S/C19H25N5O2S.HI/c1-12-13(2)27-18(23-12)11-22-19(20-3)21-8-9-26-15-5-6-16-14(10-15)4-7-17(25)24-16;/h5-6,10H,4,7-9,11H2,1-3H3,(H,24,25)(H2,20,21,22);1H. The quantitative estimate of drug-likeness (QED) is 0.238. The summed E-state index contributed by atoms with van der Waals surface area (Å²) in [5, 5.41) is 10.4. The highest BCUT2D eigenvalue weighted by Gasteiger charge is 2.15. The van der Waals surface area contributed by atoms with Gasteiger partial charge in [0.2, 0.25) is 5.91 Å². The Labute approximate surface area is 186 Å². The van der Waals surface area contributed by atoms with Crippen molar-refractivity contribution in [1.29, 1.82) is 0 Å². The number of rotatable bonds is 6. The number of benzene rings is 1. The second-order valence-electron chi connectivity index (χ2n) is 6.32. The van der Waals surface area contributed by atoms with Crippen molar-refractivity contribution in [2.75, 3.05) is 25.5 Å². The third-order valence-corrected chi connectivity index (χ3v) is 5.41. The first-order chi connectivity index (χ1) is 13.0. The lowest BCUT2D eigenvalue weighted by atomic mass is 10.0.